The fourth-order valence-corrected chi connectivity index (χ4v) is 1.51. The van der Waals surface area contributed by atoms with Gasteiger partial charge in [0.15, 0.2) is 0 Å². The van der Waals surface area contributed by atoms with Gasteiger partial charge in [0.05, 0.1) is 13.2 Å². The van der Waals surface area contributed by atoms with Crippen LogP contribution in [0.15, 0.2) is 30.3 Å². The van der Waals surface area contributed by atoms with E-state index in [1.54, 1.807) is 0 Å². The summed E-state index contributed by atoms with van der Waals surface area (Å²) < 4.78 is 4.51. The summed E-state index contributed by atoms with van der Waals surface area (Å²) in [7, 11) is 1.36. The van der Waals surface area contributed by atoms with Crippen molar-refractivity contribution in [1.29, 1.82) is 0 Å². The molecular weight excluding hydrogens is 204 g/mol. The lowest BCUT2D eigenvalue weighted by atomic mass is 10.0. The van der Waals surface area contributed by atoms with Crippen molar-refractivity contribution in [1.82, 2.24) is 0 Å². The van der Waals surface area contributed by atoms with Crippen LogP contribution in [-0.4, -0.2) is 24.3 Å². The molecule has 1 atom stereocenters. The Balaban J connectivity index is 2.20. The van der Waals surface area contributed by atoms with Gasteiger partial charge in [-0.3, -0.25) is 4.79 Å². The first-order valence-electron chi connectivity index (χ1n) is 5.51. The zero-order chi connectivity index (χ0) is 11.8. The number of aryl methyl sites for hydroxylation is 1. The number of ether oxygens (including phenoxy) is 1. The summed E-state index contributed by atoms with van der Waals surface area (Å²) in [5, 5.41) is 9.65. The average Bonchev–Trinajstić information content (AvgIpc) is 2.34. The van der Waals surface area contributed by atoms with Crippen LogP contribution in [0.4, 0.5) is 0 Å². The summed E-state index contributed by atoms with van der Waals surface area (Å²) in [5.74, 6) is -0.265. The van der Waals surface area contributed by atoms with E-state index in [0.717, 1.165) is 6.42 Å². The van der Waals surface area contributed by atoms with Gasteiger partial charge in [0.1, 0.15) is 0 Å². The quantitative estimate of drug-likeness (QED) is 0.748. The molecule has 1 aromatic rings. The maximum absolute atomic E-state index is 10.9. The number of rotatable bonds is 6. The number of hydrogen-bond acceptors (Lipinski definition) is 3. The molecule has 88 valence electrons. The van der Waals surface area contributed by atoms with Crippen molar-refractivity contribution in [2.75, 3.05) is 7.11 Å². The molecular formula is C13H18O3. The molecule has 1 N–H and O–H groups in total. The molecule has 0 aliphatic carbocycles. The number of methoxy groups -OCH3 is 1. The minimum absolute atomic E-state index is 0.265. The number of hydrogen-bond donors (Lipinski definition) is 1. The molecule has 0 saturated heterocycles. The van der Waals surface area contributed by atoms with Gasteiger partial charge in [-0.1, -0.05) is 30.3 Å². The molecule has 3 heteroatoms. The Bertz CT molecular complexity index is 308. The van der Waals surface area contributed by atoms with Gasteiger partial charge < -0.3 is 9.84 Å². The van der Waals surface area contributed by atoms with Crippen molar-refractivity contribution in [3.8, 4) is 0 Å². The Morgan fingerprint density at radius 2 is 2.00 bits per heavy atom. The van der Waals surface area contributed by atoms with Crippen molar-refractivity contribution in [2.24, 2.45) is 0 Å². The van der Waals surface area contributed by atoms with Crippen LogP contribution in [0.25, 0.3) is 0 Å². The average molecular weight is 222 g/mol. The van der Waals surface area contributed by atoms with Crippen LogP contribution in [0, 0.1) is 0 Å². The third-order valence-electron chi connectivity index (χ3n) is 2.52. The molecule has 0 saturated carbocycles. The molecule has 0 aliphatic heterocycles. The molecule has 0 amide bonds. The Morgan fingerprint density at radius 1 is 1.31 bits per heavy atom. The normalized spacial score (nSPS) is 12.1. The Labute approximate surface area is 96.1 Å². The lowest BCUT2D eigenvalue weighted by Crippen LogP contribution is -2.11. The van der Waals surface area contributed by atoms with Crippen molar-refractivity contribution < 1.29 is 14.6 Å². The number of carbonyl (C=O) groups is 1. The predicted octanol–water partition coefficient (Wildman–Crippen LogP) is 1.93. The van der Waals surface area contributed by atoms with E-state index in [0.29, 0.717) is 12.8 Å². The minimum Gasteiger partial charge on any atom is -0.469 e. The molecule has 0 bridgehead atoms. The summed E-state index contributed by atoms with van der Waals surface area (Å²) in [6, 6.07) is 10.0. The first kappa shape index (κ1) is 12.7. The monoisotopic (exact) mass is 222 g/mol. The summed E-state index contributed by atoms with van der Waals surface area (Å²) in [6.07, 6.45) is 1.84. The molecule has 0 spiro atoms. The fraction of sp³-hybridized carbons (Fsp3) is 0.462. The van der Waals surface area contributed by atoms with E-state index in [2.05, 4.69) is 4.74 Å². The van der Waals surface area contributed by atoms with Gasteiger partial charge in [-0.15, -0.1) is 0 Å². The van der Waals surface area contributed by atoms with E-state index in [9.17, 15) is 9.90 Å². The first-order chi connectivity index (χ1) is 7.72. The second kappa shape index (κ2) is 7.01. The number of carbonyl (C=O) groups excluding carboxylic acids is 1. The van der Waals surface area contributed by atoms with Gasteiger partial charge in [-0.05, 0) is 24.8 Å². The molecule has 0 heterocycles. The molecule has 0 aliphatic rings. The number of aliphatic hydroxyl groups is 1. The van der Waals surface area contributed by atoms with Crippen molar-refractivity contribution in [3.05, 3.63) is 35.9 Å². The van der Waals surface area contributed by atoms with E-state index in [1.165, 1.54) is 12.7 Å². The van der Waals surface area contributed by atoms with Crippen LogP contribution >= 0.6 is 0 Å². The maximum Gasteiger partial charge on any atom is 0.305 e. The van der Waals surface area contributed by atoms with E-state index in [4.69, 9.17) is 0 Å². The van der Waals surface area contributed by atoms with Crippen molar-refractivity contribution in [2.45, 2.75) is 31.8 Å². The van der Waals surface area contributed by atoms with Gasteiger partial charge in [0.25, 0.3) is 0 Å². The van der Waals surface area contributed by atoms with E-state index in [1.807, 2.05) is 30.3 Å². The van der Waals surface area contributed by atoms with E-state index >= 15 is 0 Å². The molecule has 16 heavy (non-hydrogen) atoms. The summed E-state index contributed by atoms with van der Waals surface area (Å²) in [4.78, 5) is 10.9. The highest BCUT2D eigenvalue weighted by Crippen LogP contribution is 2.08. The second-order valence-corrected chi connectivity index (χ2v) is 3.79. The van der Waals surface area contributed by atoms with Crippen LogP contribution in [0.1, 0.15) is 24.8 Å². The van der Waals surface area contributed by atoms with Crippen LogP contribution < -0.4 is 0 Å². The molecule has 1 rings (SSSR count). The largest absolute Gasteiger partial charge is 0.469 e. The predicted molar refractivity (Wildman–Crippen MR) is 62.0 cm³/mol. The van der Waals surface area contributed by atoms with Crippen LogP contribution in [0.3, 0.4) is 0 Å². The lowest BCUT2D eigenvalue weighted by Gasteiger charge is -2.09. The van der Waals surface area contributed by atoms with Crippen molar-refractivity contribution in [3.63, 3.8) is 0 Å². The summed E-state index contributed by atoms with van der Waals surface area (Å²) in [5.41, 5.74) is 1.21. The summed E-state index contributed by atoms with van der Waals surface area (Å²) >= 11 is 0. The highest BCUT2D eigenvalue weighted by atomic mass is 16.5. The molecule has 0 radical (unpaired) electrons. The Hall–Kier alpha value is -1.35. The van der Waals surface area contributed by atoms with Crippen LogP contribution in [0.5, 0.6) is 0 Å². The SMILES string of the molecule is COC(=O)CCC(O)CCc1ccccc1. The zero-order valence-corrected chi connectivity index (χ0v) is 9.56. The smallest absolute Gasteiger partial charge is 0.305 e. The van der Waals surface area contributed by atoms with Gasteiger partial charge in [0.2, 0.25) is 0 Å². The Morgan fingerprint density at radius 3 is 2.62 bits per heavy atom. The molecule has 0 aromatic heterocycles. The van der Waals surface area contributed by atoms with Crippen LogP contribution in [-0.2, 0) is 16.0 Å². The molecule has 1 aromatic carbocycles. The Kier molecular flexibility index (Phi) is 5.57. The summed E-state index contributed by atoms with van der Waals surface area (Å²) in [6.45, 7) is 0. The number of benzene rings is 1. The van der Waals surface area contributed by atoms with Gasteiger partial charge in [-0.2, -0.15) is 0 Å². The van der Waals surface area contributed by atoms with Gasteiger partial charge >= 0.3 is 5.97 Å². The standard InChI is InChI=1S/C13H18O3/c1-16-13(15)10-9-12(14)8-7-11-5-3-2-4-6-11/h2-6,12,14H,7-10H2,1H3. The number of esters is 1. The lowest BCUT2D eigenvalue weighted by molar-refractivity contribution is -0.141. The number of aliphatic hydroxyl groups excluding tert-OH is 1. The maximum atomic E-state index is 10.9. The van der Waals surface area contributed by atoms with Crippen LogP contribution in [0.2, 0.25) is 0 Å². The zero-order valence-electron chi connectivity index (χ0n) is 9.56. The third-order valence-corrected chi connectivity index (χ3v) is 2.52. The minimum atomic E-state index is -0.431. The molecule has 0 fully saturated rings. The third kappa shape index (κ3) is 4.94. The van der Waals surface area contributed by atoms with E-state index < -0.39 is 6.10 Å². The molecule has 1 unspecified atom stereocenters. The molecule has 3 nitrogen and oxygen atoms in total. The second-order valence-electron chi connectivity index (χ2n) is 3.79. The highest BCUT2D eigenvalue weighted by Gasteiger charge is 2.08. The van der Waals surface area contributed by atoms with Gasteiger partial charge in [0, 0.05) is 6.42 Å². The van der Waals surface area contributed by atoms with Gasteiger partial charge in [-0.25, -0.2) is 0 Å². The van der Waals surface area contributed by atoms with E-state index in [-0.39, 0.29) is 12.4 Å². The van der Waals surface area contributed by atoms with Crippen molar-refractivity contribution >= 4 is 5.97 Å². The fourth-order valence-electron chi connectivity index (χ4n) is 1.51. The highest BCUT2D eigenvalue weighted by molar-refractivity contribution is 5.69. The first-order valence-corrected chi connectivity index (χ1v) is 5.51. The topological polar surface area (TPSA) is 46.5 Å².